The number of carbonyl (C=O) groups excluding carboxylic acids is 1. The van der Waals surface area contributed by atoms with E-state index in [1.807, 2.05) is 12.1 Å². The molecule has 0 saturated heterocycles. The fraction of sp³-hybridized carbons (Fsp3) is 0.667. The number of amides is 2. The van der Waals surface area contributed by atoms with E-state index in [2.05, 4.69) is 22.5 Å². The van der Waals surface area contributed by atoms with Crippen LogP contribution in [0.4, 0.5) is 4.79 Å². The largest absolute Gasteiger partial charge is 0.481 e. The summed E-state index contributed by atoms with van der Waals surface area (Å²) in [6, 6.07) is 3.57. The first-order chi connectivity index (χ1) is 13.5. The smallest absolute Gasteiger partial charge is 0.315 e. The third kappa shape index (κ3) is 6.11. The fourth-order valence-corrected chi connectivity index (χ4v) is 4.05. The van der Waals surface area contributed by atoms with E-state index in [0.29, 0.717) is 38.1 Å². The Balaban J connectivity index is 1.40. The van der Waals surface area contributed by atoms with Gasteiger partial charge in [-0.3, -0.25) is 4.79 Å². The van der Waals surface area contributed by atoms with Gasteiger partial charge >= 0.3 is 12.0 Å². The van der Waals surface area contributed by atoms with Crippen molar-refractivity contribution in [2.24, 2.45) is 11.8 Å². The van der Waals surface area contributed by atoms with Crippen LogP contribution in [0.3, 0.4) is 0 Å². The molecule has 0 spiro atoms. The van der Waals surface area contributed by atoms with E-state index in [1.54, 1.807) is 6.20 Å². The van der Waals surface area contributed by atoms with Crippen molar-refractivity contribution in [1.29, 1.82) is 0 Å². The molecule has 0 atom stereocenters. The molecular formula is C21H31N3O4. The first-order valence-corrected chi connectivity index (χ1v) is 10.4. The molecule has 2 aliphatic carbocycles. The molecule has 2 amide bonds. The summed E-state index contributed by atoms with van der Waals surface area (Å²) >= 11 is 0. The summed E-state index contributed by atoms with van der Waals surface area (Å²) in [7, 11) is 0. The van der Waals surface area contributed by atoms with E-state index in [0.717, 1.165) is 24.3 Å². The third-order valence-electron chi connectivity index (χ3n) is 5.91. The molecule has 0 aliphatic heterocycles. The first kappa shape index (κ1) is 20.4. The Morgan fingerprint density at radius 1 is 1.14 bits per heavy atom. The maximum atomic E-state index is 12.1. The fourth-order valence-electron chi connectivity index (χ4n) is 4.05. The zero-order chi connectivity index (χ0) is 19.9. The van der Waals surface area contributed by atoms with Crippen LogP contribution in [0.15, 0.2) is 18.3 Å². The highest BCUT2D eigenvalue weighted by molar-refractivity contribution is 5.74. The molecule has 0 aromatic carbocycles. The third-order valence-corrected chi connectivity index (χ3v) is 5.91. The molecule has 3 rings (SSSR count). The monoisotopic (exact) mass is 389 g/mol. The molecule has 2 saturated carbocycles. The van der Waals surface area contributed by atoms with Gasteiger partial charge in [0.15, 0.2) is 0 Å². The Hall–Kier alpha value is -2.31. The summed E-state index contributed by atoms with van der Waals surface area (Å²) in [6.07, 6.45) is 9.11. The lowest BCUT2D eigenvalue weighted by atomic mass is 9.86. The number of aliphatic carboxylic acids is 1. The van der Waals surface area contributed by atoms with Gasteiger partial charge < -0.3 is 20.5 Å². The van der Waals surface area contributed by atoms with E-state index in [4.69, 9.17) is 9.84 Å². The number of hydrogen-bond donors (Lipinski definition) is 3. The van der Waals surface area contributed by atoms with Crippen LogP contribution < -0.4 is 15.4 Å². The zero-order valence-corrected chi connectivity index (χ0v) is 16.5. The summed E-state index contributed by atoms with van der Waals surface area (Å²) in [6.45, 7) is 2.68. The Labute approximate surface area is 166 Å². The van der Waals surface area contributed by atoms with E-state index in [9.17, 15) is 9.59 Å². The van der Waals surface area contributed by atoms with Crippen LogP contribution in [-0.2, 0) is 11.3 Å². The van der Waals surface area contributed by atoms with Crippen molar-refractivity contribution in [2.45, 2.75) is 77.0 Å². The minimum Gasteiger partial charge on any atom is -0.481 e. The predicted octanol–water partition coefficient (Wildman–Crippen LogP) is 3.48. The topological polar surface area (TPSA) is 101 Å². The Morgan fingerprint density at radius 3 is 2.54 bits per heavy atom. The summed E-state index contributed by atoms with van der Waals surface area (Å²) in [5.41, 5.74) is 0.943. The van der Waals surface area contributed by atoms with Gasteiger partial charge in [0.05, 0.1) is 5.92 Å². The van der Waals surface area contributed by atoms with Crippen LogP contribution in [0.1, 0.15) is 63.9 Å². The van der Waals surface area contributed by atoms with Crippen LogP contribution in [0.5, 0.6) is 5.88 Å². The second-order valence-electron chi connectivity index (χ2n) is 8.22. The van der Waals surface area contributed by atoms with Crippen molar-refractivity contribution < 1.29 is 19.4 Å². The lowest BCUT2D eigenvalue weighted by molar-refractivity contribution is -0.142. The van der Waals surface area contributed by atoms with E-state index in [-0.39, 0.29) is 24.1 Å². The number of hydrogen-bond acceptors (Lipinski definition) is 4. The van der Waals surface area contributed by atoms with Crippen LogP contribution in [0.2, 0.25) is 0 Å². The molecule has 7 nitrogen and oxygen atoms in total. The molecule has 2 aliphatic rings. The summed E-state index contributed by atoms with van der Waals surface area (Å²) in [5.74, 6) is 0.386. The van der Waals surface area contributed by atoms with Crippen LogP contribution in [0, 0.1) is 11.8 Å². The molecule has 1 aromatic heterocycles. The number of nitrogens with one attached hydrogen (secondary N) is 2. The number of carboxylic acid groups (broad SMARTS) is 1. The first-order valence-electron chi connectivity index (χ1n) is 10.4. The van der Waals surface area contributed by atoms with Gasteiger partial charge in [-0.15, -0.1) is 0 Å². The molecule has 0 unspecified atom stereocenters. The highest BCUT2D eigenvalue weighted by Gasteiger charge is 2.26. The van der Waals surface area contributed by atoms with Crippen LogP contribution in [-0.4, -0.2) is 34.2 Å². The lowest BCUT2D eigenvalue weighted by Crippen LogP contribution is -2.43. The normalized spacial score (nSPS) is 27.6. The van der Waals surface area contributed by atoms with Crippen molar-refractivity contribution in [3.05, 3.63) is 23.9 Å². The highest BCUT2D eigenvalue weighted by Crippen LogP contribution is 2.27. The quantitative estimate of drug-likeness (QED) is 0.691. The molecule has 28 heavy (non-hydrogen) atoms. The van der Waals surface area contributed by atoms with Gasteiger partial charge in [0, 0.05) is 24.8 Å². The zero-order valence-electron chi connectivity index (χ0n) is 16.5. The van der Waals surface area contributed by atoms with Crippen molar-refractivity contribution in [3.8, 4) is 5.88 Å². The number of nitrogens with zero attached hydrogens (tertiary/aromatic N) is 1. The second kappa shape index (κ2) is 9.75. The van der Waals surface area contributed by atoms with Crippen LogP contribution >= 0.6 is 0 Å². The molecule has 1 aromatic rings. The number of aromatic nitrogens is 1. The minimum absolute atomic E-state index is 0.0422. The Morgan fingerprint density at radius 2 is 1.86 bits per heavy atom. The standard InChI is InChI=1S/C21H31N3O4/c1-14-2-8-18(9-3-14)28-19-12-15(10-11-22-19)13-23-21(27)24-17-6-4-16(5-7-17)20(25)26/h10-12,14,16-18H,2-9,13H2,1H3,(H,25,26)(H2,23,24,27). The van der Waals surface area contributed by atoms with Crippen molar-refractivity contribution >= 4 is 12.0 Å². The van der Waals surface area contributed by atoms with Gasteiger partial charge in [-0.05, 0) is 68.9 Å². The molecule has 2 fully saturated rings. The molecule has 7 heteroatoms. The van der Waals surface area contributed by atoms with Gasteiger partial charge in [-0.25, -0.2) is 9.78 Å². The van der Waals surface area contributed by atoms with Gasteiger partial charge in [0.25, 0.3) is 0 Å². The van der Waals surface area contributed by atoms with Crippen molar-refractivity contribution in [2.75, 3.05) is 0 Å². The molecule has 3 N–H and O–H groups in total. The molecule has 1 heterocycles. The number of rotatable bonds is 6. The van der Waals surface area contributed by atoms with Gasteiger partial charge in [-0.1, -0.05) is 6.92 Å². The molecule has 0 radical (unpaired) electrons. The van der Waals surface area contributed by atoms with E-state index < -0.39 is 5.97 Å². The lowest BCUT2D eigenvalue weighted by Gasteiger charge is -2.27. The number of pyridine rings is 1. The number of carboxylic acids is 1. The molecular weight excluding hydrogens is 358 g/mol. The number of ether oxygens (including phenoxy) is 1. The highest BCUT2D eigenvalue weighted by atomic mass is 16.5. The molecule has 154 valence electrons. The molecule has 0 bridgehead atoms. The average molecular weight is 389 g/mol. The van der Waals surface area contributed by atoms with Crippen molar-refractivity contribution in [1.82, 2.24) is 15.6 Å². The summed E-state index contributed by atoms with van der Waals surface area (Å²) in [5, 5.41) is 14.8. The number of urea groups is 1. The van der Waals surface area contributed by atoms with Gasteiger partial charge in [-0.2, -0.15) is 0 Å². The van der Waals surface area contributed by atoms with Crippen LogP contribution in [0.25, 0.3) is 0 Å². The predicted molar refractivity (Wildman–Crippen MR) is 105 cm³/mol. The van der Waals surface area contributed by atoms with E-state index >= 15 is 0 Å². The average Bonchev–Trinajstić information content (AvgIpc) is 2.69. The van der Waals surface area contributed by atoms with E-state index in [1.165, 1.54) is 12.8 Å². The van der Waals surface area contributed by atoms with Gasteiger partial charge in [0.2, 0.25) is 5.88 Å². The minimum atomic E-state index is -0.735. The van der Waals surface area contributed by atoms with Crippen molar-refractivity contribution in [3.63, 3.8) is 0 Å². The maximum absolute atomic E-state index is 12.1. The summed E-state index contributed by atoms with van der Waals surface area (Å²) in [4.78, 5) is 27.4. The SMILES string of the molecule is CC1CCC(Oc2cc(CNC(=O)NC3CCC(C(=O)O)CC3)ccn2)CC1. The summed E-state index contributed by atoms with van der Waals surface area (Å²) < 4.78 is 6.01. The number of carbonyl (C=O) groups is 2. The van der Waals surface area contributed by atoms with Gasteiger partial charge in [0.1, 0.15) is 6.10 Å². The Kier molecular flexibility index (Phi) is 7.12. The maximum Gasteiger partial charge on any atom is 0.315 e. The second-order valence-corrected chi connectivity index (χ2v) is 8.22. The Bertz CT molecular complexity index is 665.